The lowest BCUT2D eigenvalue weighted by Gasteiger charge is -2.02. The summed E-state index contributed by atoms with van der Waals surface area (Å²) < 4.78 is 7.47. The summed E-state index contributed by atoms with van der Waals surface area (Å²) in [6.07, 6.45) is 1.93. The van der Waals surface area contributed by atoms with Gasteiger partial charge in [0, 0.05) is 11.9 Å². The molecule has 7 heteroatoms. The molecule has 0 atom stereocenters. The Kier molecular flexibility index (Phi) is 5.06. The van der Waals surface area contributed by atoms with Crippen LogP contribution in [0.3, 0.4) is 0 Å². The molecule has 0 radical (unpaired) electrons. The van der Waals surface area contributed by atoms with Crippen LogP contribution in [0.2, 0.25) is 0 Å². The predicted octanol–water partition coefficient (Wildman–Crippen LogP) is 3.49. The fraction of sp³-hybridized carbons (Fsp3) is 0.167. The highest BCUT2D eigenvalue weighted by Gasteiger charge is 2.12. The second kappa shape index (κ2) is 7.25. The highest BCUT2D eigenvalue weighted by Crippen LogP contribution is 2.21. The van der Waals surface area contributed by atoms with Crippen LogP contribution in [-0.2, 0) is 11.8 Å². The zero-order valence-electron chi connectivity index (χ0n) is 14.0. The third-order valence-electron chi connectivity index (χ3n) is 3.77. The maximum absolute atomic E-state index is 12.6. The Labute approximate surface area is 153 Å². The van der Waals surface area contributed by atoms with E-state index >= 15 is 0 Å². The fourth-order valence-electron chi connectivity index (χ4n) is 2.45. The van der Waals surface area contributed by atoms with Crippen molar-refractivity contribution in [1.29, 1.82) is 0 Å². The number of benzene rings is 2. The van der Waals surface area contributed by atoms with Crippen LogP contribution in [0.4, 0.5) is 0 Å². The van der Waals surface area contributed by atoms with Gasteiger partial charge in [-0.3, -0.25) is 4.79 Å². The van der Waals surface area contributed by atoms with E-state index in [1.807, 2.05) is 42.1 Å². The van der Waals surface area contributed by atoms with Crippen molar-refractivity contribution in [2.24, 2.45) is 12.0 Å². The molecule has 0 saturated heterocycles. The maximum atomic E-state index is 12.6. The molecule has 2 aromatic carbocycles. The molecule has 0 fully saturated rings. The Morgan fingerprint density at radius 1 is 1.20 bits per heavy atom. The molecular weight excluding hydrogens is 356 g/mol. The van der Waals surface area contributed by atoms with Gasteiger partial charge in [-0.2, -0.15) is 4.99 Å². The lowest BCUT2D eigenvalue weighted by molar-refractivity contribution is 0.0601. The summed E-state index contributed by atoms with van der Waals surface area (Å²) in [6.45, 7) is 0. The van der Waals surface area contributed by atoms with E-state index in [0.717, 1.165) is 15.1 Å². The number of aryl methyl sites for hydroxylation is 1. The number of esters is 1. The SMILES string of the molecule is COC(=O)c1ccc2c(c1)sc(=NC(=O)c1ccccc1SC)n2C. The molecule has 0 aliphatic heterocycles. The van der Waals surface area contributed by atoms with Crippen LogP contribution in [0.5, 0.6) is 0 Å². The topological polar surface area (TPSA) is 60.7 Å². The van der Waals surface area contributed by atoms with Gasteiger partial charge in [-0.1, -0.05) is 23.5 Å². The molecule has 0 N–H and O–H groups in total. The van der Waals surface area contributed by atoms with E-state index in [4.69, 9.17) is 4.74 Å². The van der Waals surface area contributed by atoms with Gasteiger partial charge in [-0.05, 0) is 36.6 Å². The van der Waals surface area contributed by atoms with Crippen LogP contribution in [0.1, 0.15) is 20.7 Å². The average Bonchev–Trinajstić information content (AvgIpc) is 2.95. The van der Waals surface area contributed by atoms with Crippen molar-refractivity contribution >= 4 is 45.2 Å². The first-order valence-corrected chi connectivity index (χ1v) is 9.49. The average molecular weight is 372 g/mol. The Hall–Kier alpha value is -2.38. The van der Waals surface area contributed by atoms with Gasteiger partial charge in [0.05, 0.1) is 28.5 Å². The maximum Gasteiger partial charge on any atom is 0.337 e. The lowest BCUT2D eigenvalue weighted by Crippen LogP contribution is -2.13. The van der Waals surface area contributed by atoms with E-state index in [2.05, 4.69) is 4.99 Å². The summed E-state index contributed by atoms with van der Waals surface area (Å²) in [7, 11) is 3.20. The molecule has 5 nitrogen and oxygen atoms in total. The Morgan fingerprint density at radius 3 is 2.68 bits per heavy atom. The minimum Gasteiger partial charge on any atom is -0.465 e. The number of aromatic nitrogens is 1. The van der Waals surface area contributed by atoms with Crippen molar-refractivity contribution in [1.82, 2.24) is 4.57 Å². The number of carbonyl (C=O) groups excluding carboxylic acids is 2. The highest BCUT2D eigenvalue weighted by molar-refractivity contribution is 7.98. The molecule has 3 rings (SSSR count). The second-order valence-electron chi connectivity index (χ2n) is 5.23. The minimum absolute atomic E-state index is 0.278. The van der Waals surface area contributed by atoms with E-state index in [1.54, 1.807) is 18.2 Å². The number of ether oxygens (including phenoxy) is 1. The zero-order valence-corrected chi connectivity index (χ0v) is 15.6. The Bertz CT molecular complexity index is 1030. The van der Waals surface area contributed by atoms with Crippen LogP contribution in [0.15, 0.2) is 52.4 Å². The van der Waals surface area contributed by atoms with Gasteiger partial charge in [0.15, 0.2) is 4.80 Å². The highest BCUT2D eigenvalue weighted by atomic mass is 32.2. The number of nitrogens with zero attached hydrogens (tertiary/aromatic N) is 2. The number of thioether (sulfide) groups is 1. The first kappa shape index (κ1) is 17.4. The van der Waals surface area contributed by atoms with E-state index in [1.165, 1.54) is 30.2 Å². The normalized spacial score (nSPS) is 11.7. The van der Waals surface area contributed by atoms with E-state index in [-0.39, 0.29) is 11.9 Å². The van der Waals surface area contributed by atoms with Gasteiger partial charge < -0.3 is 9.30 Å². The zero-order chi connectivity index (χ0) is 18.0. The van der Waals surface area contributed by atoms with Gasteiger partial charge >= 0.3 is 5.97 Å². The number of amides is 1. The minimum atomic E-state index is -0.388. The number of thiazole rings is 1. The standard InChI is InChI=1S/C18H16N2O3S2/c1-20-13-9-8-11(17(22)23-2)10-15(13)25-18(20)19-16(21)12-6-4-5-7-14(12)24-3/h4-10H,1-3H3. The summed E-state index contributed by atoms with van der Waals surface area (Å²) >= 11 is 2.88. The molecule has 25 heavy (non-hydrogen) atoms. The van der Waals surface area contributed by atoms with E-state index < -0.39 is 0 Å². The van der Waals surface area contributed by atoms with Gasteiger partial charge in [0.1, 0.15) is 0 Å². The summed E-state index contributed by atoms with van der Waals surface area (Å²) in [4.78, 5) is 30.0. The first-order valence-electron chi connectivity index (χ1n) is 7.45. The number of fused-ring (bicyclic) bond motifs is 1. The quantitative estimate of drug-likeness (QED) is 0.522. The number of rotatable bonds is 3. The largest absolute Gasteiger partial charge is 0.465 e. The number of hydrogen-bond donors (Lipinski definition) is 0. The van der Waals surface area contributed by atoms with Crippen molar-refractivity contribution in [3.05, 3.63) is 58.4 Å². The number of hydrogen-bond acceptors (Lipinski definition) is 5. The van der Waals surface area contributed by atoms with Crippen LogP contribution in [0, 0.1) is 0 Å². The molecule has 0 saturated carbocycles. The van der Waals surface area contributed by atoms with Gasteiger partial charge in [0.2, 0.25) is 0 Å². The third-order valence-corrected chi connectivity index (χ3v) is 5.66. The molecule has 0 spiro atoms. The van der Waals surface area contributed by atoms with E-state index in [9.17, 15) is 9.59 Å². The summed E-state index contributed by atoms with van der Waals surface area (Å²) in [5.74, 6) is -0.665. The van der Waals surface area contributed by atoms with Crippen molar-refractivity contribution < 1.29 is 14.3 Å². The molecule has 0 aliphatic carbocycles. The number of carbonyl (C=O) groups is 2. The first-order chi connectivity index (χ1) is 12.0. The van der Waals surface area contributed by atoms with Crippen molar-refractivity contribution in [3.8, 4) is 0 Å². The van der Waals surface area contributed by atoms with Crippen molar-refractivity contribution in [2.45, 2.75) is 4.90 Å². The monoisotopic (exact) mass is 372 g/mol. The second-order valence-corrected chi connectivity index (χ2v) is 7.09. The number of methoxy groups -OCH3 is 1. The van der Waals surface area contributed by atoms with Crippen LogP contribution >= 0.6 is 23.1 Å². The Morgan fingerprint density at radius 2 is 1.96 bits per heavy atom. The smallest absolute Gasteiger partial charge is 0.337 e. The lowest BCUT2D eigenvalue weighted by atomic mass is 10.2. The summed E-state index contributed by atoms with van der Waals surface area (Å²) in [5.41, 5.74) is 1.97. The van der Waals surface area contributed by atoms with Gasteiger partial charge in [-0.15, -0.1) is 11.8 Å². The van der Waals surface area contributed by atoms with E-state index in [0.29, 0.717) is 15.9 Å². The molecule has 0 aliphatic rings. The van der Waals surface area contributed by atoms with Gasteiger partial charge in [-0.25, -0.2) is 4.79 Å². The molecule has 3 aromatic rings. The van der Waals surface area contributed by atoms with Crippen molar-refractivity contribution in [2.75, 3.05) is 13.4 Å². The molecule has 0 bridgehead atoms. The third kappa shape index (κ3) is 3.38. The fourth-order valence-corrected chi connectivity index (χ4v) is 4.10. The molecule has 1 amide bonds. The molecular formula is C18H16N2O3S2. The van der Waals surface area contributed by atoms with Crippen LogP contribution in [0.25, 0.3) is 10.2 Å². The molecule has 0 unspecified atom stereocenters. The Balaban J connectivity index is 2.09. The predicted molar refractivity (Wildman–Crippen MR) is 100 cm³/mol. The van der Waals surface area contributed by atoms with Crippen LogP contribution < -0.4 is 4.80 Å². The molecule has 1 aromatic heterocycles. The summed E-state index contributed by atoms with van der Waals surface area (Å²) in [5, 5.41) is 0. The van der Waals surface area contributed by atoms with Gasteiger partial charge in [0.25, 0.3) is 5.91 Å². The molecule has 1 heterocycles. The molecule has 128 valence electrons. The van der Waals surface area contributed by atoms with Crippen LogP contribution in [-0.4, -0.2) is 29.8 Å². The summed E-state index contributed by atoms with van der Waals surface area (Å²) in [6, 6.07) is 12.7. The van der Waals surface area contributed by atoms with Crippen molar-refractivity contribution in [3.63, 3.8) is 0 Å².